The van der Waals surface area contributed by atoms with Gasteiger partial charge in [0.1, 0.15) is 17.0 Å². The lowest BCUT2D eigenvalue weighted by molar-refractivity contribution is -0.278. The Balaban J connectivity index is 3.35. The van der Waals surface area contributed by atoms with Crippen molar-refractivity contribution in [1.82, 2.24) is 4.98 Å². The van der Waals surface area contributed by atoms with Crippen molar-refractivity contribution in [2.45, 2.75) is 19.1 Å². The van der Waals surface area contributed by atoms with Gasteiger partial charge in [0.25, 0.3) is 0 Å². The molecule has 0 saturated carbocycles. The zero-order valence-electron chi connectivity index (χ0n) is 8.30. The number of aromatic hydroxyl groups is 1. The lowest BCUT2D eigenvalue weighted by Crippen LogP contribution is -2.21. The van der Waals surface area contributed by atoms with Gasteiger partial charge in [-0.25, -0.2) is 4.98 Å². The molecule has 0 radical (unpaired) electrons. The largest absolute Gasteiger partial charge is 0.574 e. The number of pyridine rings is 1. The summed E-state index contributed by atoms with van der Waals surface area (Å²) in [6.07, 6.45) is -10.6. The molecular weight excluding hydrogens is 272 g/mol. The molecule has 0 spiro atoms. The number of aromatic nitrogens is 1. The molecule has 2 N–H and O–H groups in total. The Kier molecular flexibility index (Phi) is 3.60. The van der Waals surface area contributed by atoms with Gasteiger partial charge in [-0.15, -0.1) is 13.2 Å². The van der Waals surface area contributed by atoms with Crippen molar-refractivity contribution in [2.75, 3.05) is 0 Å². The molecule has 1 aromatic heterocycles. The van der Waals surface area contributed by atoms with Gasteiger partial charge < -0.3 is 14.9 Å². The molecule has 0 bridgehead atoms. The van der Waals surface area contributed by atoms with Crippen LogP contribution in [0.4, 0.5) is 26.3 Å². The van der Waals surface area contributed by atoms with E-state index in [9.17, 15) is 26.3 Å². The molecule has 0 aromatic carbocycles. The number of hydrogen-bond donors (Lipinski definition) is 2. The zero-order chi connectivity index (χ0) is 14.1. The SMILES string of the molecule is OCc1nc(OC(F)(F)F)c(C(F)(F)F)cc1O. The summed E-state index contributed by atoms with van der Waals surface area (Å²) < 4.78 is 75.9. The molecule has 0 saturated heterocycles. The summed E-state index contributed by atoms with van der Waals surface area (Å²) in [5, 5.41) is 17.6. The number of nitrogens with zero attached hydrogens (tertiary/aromatic N) is 1. The Morgan fingerprint density at radius 1 is 1.17 bits per heavy atom. The highest BCUT2D eigenvalue weighted by Crippen LogP contribution is 2.39. The van der Waals surface area contributed by atoms with Crippen LogP contribution in [0.1, 0.15) is 11.3 Å². The summed E-state index contributed by atoms with van der Waals surface area (Å²) in [6.45, 7) is -1.04. The van der Waals surface area contributed by atoms with Crippen LogP contribution in [0.25, 0.3) is 0 Å². The van der Waals surface area contributed by atoms with Crippen LogP contribution in [0.2, 0.25) is 0 Å². The minimum atomic E-state index is -5.38. The van der Waals surface area contributed by atoms with Crippen LogP contribution in [0, 0.1) is 0 Å². The molecular formula is C8H5F6NO3. The number of halogens is 6. The number of alkyl halides is 6. The molecule has 0 fully saturated rings. The summed E-state index contributed by atoms with van der Waals surface area (Å²) >= 11 is 0. The van der Waals surface area contributed by atoms with Crippen molar-refractivity contribution in [3.8, 4) is 11.6 Å². The highest BCUT2D eigenvalue weighted by atomic mass is 19.4. The quantitative estimate of drug-likeness (QED) is 0.813. The molecule has 1 aromatic rings. The van der Waals surface area contributed by atoms with E-state index in [0.717, 1.165) is 0 Å². The van der Waals surface area contributed by atoms with Gasteiger partial charge in [0.2, 0.25) is 5.88 Å². The molecule has 0 aliphatic heterocycles. The summed E-state index contributed by atoms with van der Waals surface area (Å²) in [7, 11) is 0. The van der Waals surface area contributed by atoms with Crippen LogP contribution in [0.5, 0.6) is 11.6 Å². The molecule has 10 heteroatoms. The van der Waals surface area contributed by atoms with Crippen LogP contribution >= 0.6 is 0 Å². The second kappa shape index (κ2) is 4.52. The van der Waals surface area contributed by atoms with E-state index in [1.165, 1.54) is 0 Å². The average molecular weight is 277 g/mol. The number of aliphatic hydroxyl groups is 1. The lowest BCUT2D eigenvalue weighted by Gasteiger charge is -2.15. The van der Waals surface area contributed by atoms with E-state index in [4.69, 9.17) is 10.2 Å². The average Bonchev–Trinajstić information content (AvgIpc) is 2.16. The number of hydrogen-bond acceptors (Lipinski definition) is 4. The van der Waals surface area contributed by atoms with Crippen molar-refractivity contribution < 1.29 is 41.3 Å². The van der Waals surface area contributed by atoms with Gasteiger partial charge in [-0.2, -0.15) is 13.2 Å². The smallest absolute Gasteiger partial charge is 0.506 e. The van der Waals surface area contributed by atoms with Crippen LogP contribution in [0.15, 0.2) is 6.07 Å². The molecule has 4 nitrogen and oxygen atoms in total. The minimum absolute atomic E-state index is 0.000370. The van der Waals surface area contributed by atoms with Crippen molar-refractivity contribution in [3.05, 3.63) is 17.3 Å². The normalized spacial score (nSPS) is 12.6. The molecule has 102 valence electrons. The third kappa shape index (κ3) is 3.39. The van der Waals surface area contributed by atoms with E-state index in [2.05, 4.69) is 9.72 Å². The molecule has 0 amide bonds. The van der Waals surface area contributed by atoms with E-state index < -0.39 is 42.0 Å². The standard InChI is InChI=1S/C8H5F6NO3/c9-7(10,11)3-1-5(17)4(2-16)15-6(3)18-8(12,13)14/h1,16-17H,2H2. The van der Waals surface area contributed by atoms with E-state index in [-0.39, 0.29) is 6.07 Å². The molecule has 18 heavy (non-hydrogen) atoms. The Morgan fingerprint density at radius 2 is 1.72 bits per heavy atom. The van der Waals surface area contributed by atoms with Gasteiger partial charge in [-0.1, -0.05) is 0 Å². The highest BCUT2D eigenvalue weighted by Gasteiger charge is 2.41. The summed E-state index contributed by atoms with van der Waals surface area (Å²) in [4.78, 5) is 2.78. The fourth-order valence-electron chi connectivity index (χ4n) is 1.03. The van der Waals surface area contributed by atoms with Crippen LogP contribution in [0.3, 0.4) is 0 Å². The summed E-state index contributed by atoms with van der Waals surface area (Å²) in [6, 6.07) is -0.000370. The van der Waals surface area contributed by atoms with Crippen LogP contribution in [-0.4, -0.2) is 21.6 Å². The minimum Gasteiger partial charge on any atom is -0.506 e. The topological polar surface area (TPSA) is 62.6 Å². The molecule has 0 unspecified atom stereocenters. The van der Waals surface area contributed by atoms with Crippen molar-refractivity contribution in [1.29, 1.82) is 0 Å². The predicted molar refractivity (Wildman–Crippen MR) is 43.5 cm³/mol. The van der Waals surface area contributed by atoms with E-state index in [1.807, 2.05) is 0 Å². The van der Waals surface area contributed by atoms with Crippen molar-refractivity contribution in [3.63, 3.8) is 0 Å². The lowest BCUT2D eigenvalue weighted by atomic mass is 10.2. The predicted octanol–water partition coefficient (Wildman–Crippen LogP) is 2.20. The van der Waals surface area contributed by atoms with Gasteiger partial charge in [-0.3, -0.25) is 0 Å². The maximum absolute atomic E-state index is 12.4. The second-order valence-corrected chi connectivity index (χ2v) is 3.01. The zero-order valence-corrected chi connectivity index (χ0v) is 8.30. The molecule has 1 heterocycles. The van der Waals surface area contributed by atoms with Gasteiger partial charge in [0.15, 0.2) is 0 Å². The van der Waals surface area contributed by atoms with E-state index in [0.29, 0.717) is 0 Å². The Labute approximate surface area is 95.4 Å². The highest BCUT2D eigenvalue weighted by molar-refractivity contribution is 5.39. The third-order valence-corrected chi connectivity index (χ3v) is 1.71. The third-order valence-electron chi connectivity index (χ3n) is 1.71. The monoisotopic (exact) mass is 277 g/mol. The van der Waals surface area contributed by atoms with Crippen LogP contribution in [-0.2, 0) is 12.8 Å². The Bertz CT molecular complexity index is 442. The molecule has 0 aliphatic carbocycles. The van der Waals surface area contributed by atoms with Gasteiger partial charge in [0, 0.05) is 0 Å². The number of rotatable bonds is 2. The first-order valence-electron chi connectivity index (χ1n) is 4.21. The first kappa shape index (κ1) is 14.4. The number of aliphatic hydroxyl groups excluding tert-OH is 1. The van der Waals surface area contributed by atoms with Gasteiger partial charge in [0.05, 0.1) is 6.61 Å². The Morgan fingerprint density at radius 3 is 2.11 bits per heavy atom. The maximum atomic E-state index is 12.4. The van der Waals surface area contributed by atoms with Gasteiger partial charge in [-0.05, 0) is 6.07 Å². The van der Waals surface area contributed by atoms with E-state index in [1.54, 1.807) is 0 Å². The van der Waals surface area contributed by atoms with Crippen molar-refractivity contribution in [2.24, 2.45) is 0 Å². The molecule has 0 aliphatic rings. The Hall–Kier alpha value is -1.71. The first-order valence-corrected chi connectivity index (χ1v) is 4.21. The second-order valence-electron chi connectivity index (χ2n) is 3.01. The maximum Gasteiger partial charge on any atom is 0.574 e. The summed E-state index contributed by atoms with van der Waals surface area (Å²) in [5.74, 6) is -2.86. The first-order chi connectivity index (χ1) is 8.04. The van der Waals surface area contributed by atoms with E-state index >= 15 is 0 Å². The van der Waals surface area contributed by atoms with Crippen molar-refractivity contribution >= 4 is 0 Å². The van der Waals surface area contributed by atoms with Crippen LogP contribution < -0.4 is 4.74 Å². The molecule has 0 atom stereocenters. The summed E-state index contributed by atoms with van der Waals surface area (Å²) in [5.41, 5.74) is -2.66. The fourth-order valence-corrected chi connectivity index (χ4v) is 1.03. The fraction of sp³-hybridized carbons (Fsp3) is 0.375. The van der Waals surface area contributed by atoms with Gasteiger partial charge >= 0.3 is 12.5 Å². The molecule has 1 rings (SSSR count). The number of ether oxygens (including phenoxy) is 1.